The number of carbonyl (C=O) groups excluding carboxylic acids is 1. The maximum Gasteiger partial charge on any atom is 0.234 e. The molecule has 0 bridgehead atoms. The molecule has 0 saturated carbocycles. The van der Waals surface area contributed by atoms with Gasteiger partial charge in [0, 0.05) is 0 Å². The normalized spacial score (nSPS) is 10.9. The highest BCUT2D eigenvalue weighted by molar-refractivity contribution is 7.99. The number of amides is 1. The molecule has 31 heavy (non-hydrogen) atoms. The Morgan fingerprint density at radius 3 is 2.81 bits per heavy atom. The lowest BCUT2D eigenvalue weighted by atomic mass is 10.1. The Morgan fingerprint density at radius 2 is 2.03 bits per heavy atom. The summed E-state index contributed by atoms with van der Waals surface area (Å²) in [7, 11) is 0. The minimum atomic E-state index is -0.548. The number of hydrogen-bond donors (Lipinski definition) is 1. The fourth-order valence-electron chi connectivity index (χ4n) is 3.06. The van der Waals surface area contributed by atoms with Crippen LogP contribution in [-0.2, 0) is 11.2 Å². The van der Waals surface area contributed by atoms with Crippen LogP contribution in [0.25, 0.3) is 11.4 Å². The number of thioether (sulfide) groups is 1. The first-order chi connectivity index (χ1) is 15.1. The van der Waals surface area contributed by atoms with Crippen molar-refractivity contribution in [3.05, 3.63) is 66.0 Å². The monoisotopic (exact) mass is 438 g/mol. The number of hydrogen-bond acceptors (Lipinski definition) is 7. The van der Waals surface area contributed by atoms with Crippen LogP contribution in [0, 0.1) is 12.7 Å². The molecule has 9 nitrogen and oxygen atoms in total. The average Bonchev–Trinajstić information content (AvgIpc) is 3.42. The number of aryl methyl sites for hydroxylation is 2. The zero-order chi connectivity index (χ0) is 21.8. The molecule has 0 aliphatic rings. The Balaban J connectivity index is 1.47. The highest BCUT2D eigenvalue weighted by Gasteiger charge is 2.14. The molecule has 4 rings (SSSR count). The maximum atomic E-state index is 14.2. The number of carbonyl (C=O) groups is 1. The number of anilines is 1. The summed E-state index contributed by atoms with van der Waals surface area (Å²) in [5.41, 5.74) is 2.71. The number of nitrogens with one attached hydrogen (secondary N) is 1. The quantitative estimate of drug-likeness (QED) is 0.443. The van der Waals surface area contributed by atoms with Gasteiger partial charge in [0.05, 0.1) is 22.8 Å². The van der Waals surface area contributed by atoms with Crippen molar-refractivity contribution in [3.63, 3.8) is 0 Å². The van der Waals surface area contributed by atoms with E-state index in [9.17, 15) is 9.18 Å². The first-order valence-corrected chi connectivity index (χ1v) is 10.5. The van der Waals surface area contributed by atoms with Crippen LogP contribution in [0.2, 0.25) is 0 Å². The number of halogens is 1. The zero-order valence-electron chi connectivity index (χ0n) is 16.9. The smallest absolute Gasteiger partial charge is 0.234 e. The minimum absolute atomic E-state index is 0.0422. The number of para-hydroxylation sites is 1. The van der Waals surface area contributed by atoms with Crippen LogP contribution in [0.5, 0.6) is 0 Å². The van der Waals surface area contributed by atoms with Crippen LogP contribution >= 0.6 is 11.8 Å². The van der Waals surface area contributed by atoms with E-state index in [0.29, 0.717) is 16.7 Å². The Hall–Kier alpha value is -3.60. The third kappa shape index (κ3) is 4.45. The van der Waals surface area contributed by atoms with E-state index in [-0.39, 0.29) is 17.3 Å². The summed E-state index contributed by atoms with van der Waals surface area (Å²) in [6, 6.07) is 12.2. The summed E-state index contributed by atoms with van der Waals surface area (Å²) in [5.74, 6) is -0.326. The molecule has 4 aromatic rings. The van der Waals surface area contributed by atoms with Crippen LogP contribution in [0.4, 0.5) is 10.1 Å². The lowest BCUT2D eigenvalue weighted by Gasteiger charge is -2.11. The number of benzene rings is 2. The van der Waals surface area contributed by atoms with Gasteiger partial charge in [-0.15, -0.1) is 15.3 Å². The van der Waals surface area contributed by atoms with Gasteiger partial charge in [-0.25, -0.2) is 4.39 Å². The van der Waals surface area contributed by atoms with Crippen molar-refractivity contribution in [2.45, 2.75) is 25.4 Å². The van der Waals surface area contributed by atoms with Gasteiger partial charge < -0.3 is 5.32 Å². The first kappa shape index (κ1) is 20.7. The first-order valence-electron chi connectivity index (χ1n) is 9.52. The predicted octanol–water partition coefficient (Wildman–Crippen LogP) is 2.98. The van der Waals surface area contributed by atoms with Crippen molar-refractivity contribution in [3.8, 4) is 11.4 Å². The minimum Gasteiger partial charge on any atom is -0.323 e. The predicted molar refractivity (Wildman–Crippen MR) is 114 cm³/mol. The summed E-state index contributed by atoms with van der Waals surface area (Å²) in [4.78, 5) is 12.5. The topological polar surface area (TPSA) is 103 Å². The van der Waals surface area contributed by atoms with Gasteiger partial charge in [-0.3, -0.25) is 9.36 Å². The lowest BCUT2D eigenvalue weighted by molar-refractivity contribution is -0.113. The van der Waals surface area contributed by atoms with Crippen LogP contribution in [0.3, 0.4) is 0 Å². The van der Waals surface area contributed by atoms with Gasteiger partial charge in [0.15, 0.2) is 11.0 Å². The van der Waals surface area contributed by atoms with E-state index in [4.69, 9.17) is 0 Å². The van der Waals surface area contributed by atoms with Crippen molar-refractivity contribution >= 4 is 23.4 Å². The van der Waals surface area contributed by atoms with Crippen molar-refractivity contribution in [1.82, 2.24) is 35.0 Å². The molecule has 0 saturated heterocycles. The second-order valence-electron chi connectivity index (χ2n) is 6.60. The molecule has 2 aromatic carbocycles. The van der Waals surface area contributed by atoms with Gasteiger partial charge in [0.2, 0.25) is 5.91 Å². The Kier molecular flexibility index (Phi) is 6.03. The van der Waals surface area contributed by atoms with Gasteiger partial charge in [0.1, 0.15) is 12.1 Å². The molecule has 0 radical (unpaired) electrons. The second-order valence-corrected chi connectivity index (χ2v) is 7.55. The molecular formula is C20H19FN8OS. The highest BCUT2D eigenvalue weighted by Crippen LogP contribution is 2.24. The third-order valence-corrected chi connectivity index (χ3v) is 5.52. The summed E-state index contributed by atoms with van der Waals surface area (Å²) in [6.45, 7) is 3.80. The van der Waals surface area contributed by atoms with Crippen molar-refractivity contribution < 1.29 is 9.18 Å². The van der Waals surface area contributed by atoms with E-state index >= 15 is 0 Å². The van der Waals surface area contributed by atoms with Crippen LogP contribution in [-0.4, -0.2) is 46.6 Å². The van der Waals surface area contributed by atoms with E-state index in [0.717, 1.165) is 17.7 Å². The van der Waals surface area contributed by atoms with Gasteiger partial charge in [-0.2, -0.15) is 4.68 Å². The molecule has 1 amide bonds. The third-order valence-electron chi connectivity index (χ3n) is 4.57. The fraction of sp³-hybridized carbons (Fsp3) is 0.200. The van der Waals surface area contributed by atoms with E-state index in [1.54, 1.807) is 13.3 Å². The van der Waals surface area contributed by atoms with E-state index in [2.05, 4.69) is 38.0 Å². The van der Waals surface area contributed by atoms with Crippen LogP contribution in [0.15, 0.2) is 53.9 Å². The number of nitrogens with zero attached hydrogens (tertiary/aromatic N) is 7. The summed E-state index contributed by atoms with van der Waals surface area (Å²) in [5, 5.41) is 22.5. The summed E-state index contributed by atoms with van der Waals surface area (Å²) < 4.78 is 17.5. The molecule has 0 spiro atoms. The summed E-state index contributed by atoms with van der Waals surface area (Å²) in [6.07, 6.45) is 2.47. The molecule has 11 heteroatoms. The van der Waals surface area contributed by atoms with Gasteiger partial charge in [-0.05, 0) is 53.6 Å². The number of aromatic nitrogens is 7. The van der Waals surface area contributed by atoms with Gasteiger partial charge >= 0.3 is 0 Å². The second kappa shape index (κ2) is 9.04. The van der Waals surface area contributed by atoms with Crippen molar-refractivity contribution in [2.75, 3.05) is 11.1 Å². The fourth-order valence-corrected chi connectivity index (χ4v) is 3.78. The molecule has 0 aliphatic heterocycles. The van der Waals surface area contributed by atoms with E-state index in [1.165, 1.54) is 34.6 Å². The van der Waals surface area contributed by atoms with Crippen LogP contribution < -0.4 is 5.32 Å². The standard InChI is InChI=1S/C20H19FN8OS/c1-3-14-6-4-5-7-18(14)28-12-22-25-20(28)31-11-19(30)23-17-10-15(8-9-16(17)21)29-13(2)24-26-27-29/h4-10,12H,3,11H2,1-2H3,(H,23,30). The summed E-state index contributed by atoms with van der Waals surface area (Å²) >= 11 is 1.22. The highest BCUT2D eigenvalue weighted by atomic mass is 32.2. The Bertz CT molecular complexity index is 1220. The SMILES string of the molecule is CCc1ccccc1-n1cnnc1SCC(=O)Nc1cc(-n2nnnc2C)ccc1F. The van der Waals surface area contributed by atoms with E-state index in [1.807, 2.05) is 28.8 Å². The molecule has 0 fully saturated rings. The Morgan fingerprint density at radius 1 is 1.19 bits per heavy atom. The maximum absolute atomic E-state index is 14.2. The molecule has 2 aromatic heterocycles. The molecule has 2 heterocycles. The van der Waals surface area contributed by atoms with Crippen molar-refractivity contribution in [1.29, 1.82) is 0 Å². The largest absolute Gasteiger partial charge is 0.323 e. The van der Waals surface area contributed by atoms with E-state index < -0.39 is 5.82 Å². The molecule has 0 unspecified atom stereocenters. The van der Waals surface area contributed by atoms with Crippen molar-refractivity contribution in [2.24, 2.45) is 0 Å². The average molecular weight is 438 g/mol. The lowest BCUT2D eigenvalue weighted by Crippen LogP contribution is -2.16. The van der Waals surface area contributed by atoms with Crippen LogP contribution in [0.1, 0.15) is 18.3 Å². The molecular weight excluding hydrogens is 419 g/mol. The molecule has 0 atom stereocenters. The van der Waals surface area contributed by atoms with Gasteiger partial charge in [0.25, 0.3) is 0 Å². The molecule has 158 valence electrons. The molecule has 0 aliphatic carbocycles. The molecule has 1 N–H and O–H groups in total. The zero-order valence-corrected chi connectivity index (χ0v) is 17.7. The van der Waals surface area contributed by atoms with Gasteiger partial charge in [-0.1, -0.05) is 36.9 Å². The number of tetrazole rings is 1. The number of rotatable bonds is 7. The Labute approximate surface area is 181 Å².